The van der Waals surface area contributed by atoms with Crippen molar-refractivity contribution in [1.29, 1.82) is 0 Å². The van der Waals surface area contributed by atoms with Crippen molar-refractivity contribution in [1.82, 2.24) is 9.73 Å². The van der Waals surface area contributed by atoms with Crippen LogP contribution in [0.15, 0.2) is 6.58 Å². The summed E-state index contributed by atoms with van der Waals surface area (Å²) in [6, 6.07) is 0.162. The van der Waals surface area contributed by atoms with Crippen molar-refractivity contribution in [3.05, 3.63) is 6.58 Å². The summed E-state index contributed by atoms with van der Waals surface area (Å²) in [4.78, 5) is 0. The molecular formula is C11H24BN2O3P. The topological polar surface area (TPSA) is 34.2 Å². The lowest BCUT2D eigenvalue weighted by Crippen LogP contribution is -2.47. The Morgan fingerprint density at radius 1 is 1.56 bits per heavy atom. The predicted molar refractivity (Wildman–Crippen MR) is 78.4 cm³/mol. The minimum atomic E-state index is -2.32. The van der Waals surface area contributed by atoms with Crippen LogP contribution in [0.5, 0.6) is 0 Å². The normalized spacial score (nSPS) is 28.9. The Hall–Kier alpha value is -0.0551. The summed E-state index contributed by atoms with van der Waals surface area (Å²) in [5, 5.41) is 1.93. The van der Waals surface area contributed by atoms with Crippen molar-refractivity contribution in [2.75, 3.05) is 34.3 Å². The van der Waals surface area contributed by atoms with Gasteiger partial charge < -0.3 is 9.26 Å². The zero-order chi connectivity index (χ0) is 13.8. The van der Waals surface area contributed by atoms with E-state index in [-0.39, 0.29) is 12.1 Å². The van der Waals surface area contributed by atoms with Crippen molar-refractivity contribution in [3.63, 3.8) is 0 Å². The predicted octanol–water partition coefficient (Wildman–Crippen LogP) is 0.546. The molecule has 0 aliphatic carbocycles. The molecule has 1 fully saturated rings. The third-order valence-electron chi connectivity index (χ3n) is 2.95. The molecule has 1 saturated heterocycles. The van der Waals surface area contributed by atoms with Gasteiger partial charge in [-0.25, -0.2) is 9.29 Å². The van der Waals surface area contributed by atoms with Crippen molar-refractivity contribution < 1.29 is 13.9 Å². The maximum atomic E-state index is 6.04. The molecule has 0 bridgehead atoms. The Balaban J connectivity index is 2.79. The first-order chi connectivity index (χ1) is 8.47. The monoisotopic (exact) mass is 274 g/mol. The van der Waals surface area contributed by atoms with Crippen molar-refractivity contribution in [2.24, 2.45) is 0 Å². The number of hydrogen-bond donors (Lipinski definition) is 0. The van der Waals surface area contributed by atoms with Gasteiger partial charge in [0.05, 0.1) is 12.6 Å². The molecule has 0 aromatic rings. The van der Waals surface area contributed by atoms with E-state index in [0.29, 0.717) is 0 Å². The van der Waals surface area contributed by atoms with Crippen LogP contribution in [0.3, 0.4) is 0 Å². The molecule has 1 rings (SSSR count). The Morgan fingerprint density at radius 2 is 2.22 bits per heavy atom. The van der Waals surface area contributed by atoms with E-state index in [9.17, 15) is 0 Å². The lowest BCUT2D eigenvalue weighted by Gasteiger charge is -2.39. The molecule has 3 unspecified atom stereocenters. The van der Waals surface area contributed by atoms with E-state index in [0.717, 1.165) is 19.5 Å². The average Bonchev–Trinajstić information content (AvgIpc) is 2.35. The molecule has 0 aromatic carbocycles. The molecular weight excluding hydrogens is 250 g/mol. The smallest absolute Gasteiger partial charge is 0.257 e. The van der Waals surface area contributed by atoms with E-state index in [1.54, 1.807) is 7.11 Å². The Bertz CT molecular complexity index is 347. The molecule has 0 N–H and O–H groups in total. The second kappa shape index (κ2) is 6.92. The van der Waals surface area contributed by atoms with Gasteiger partial charge in [-0.1, -0.05) is 19.0 Å². The molecule has 0 spiro atoms. The fourth-order valence-corrected chi connectivity index (χ4v) is 3.41. The summed E-state index contributed by atoms with van der Waals surface area (Å²) in [5.74, 6) is 0. The van der Waals surface area contributed by atoms with E-state index >= 15 is 0 Å². The van der Waals surface area contributed by atoms with Gasteiger partial charge in [0.15, 0.2) is 0 Å². The van der Waals surface area contributed by atoms with Gasteiger partial charge in [0.2, 0.25) is 0 Å². The quantitative estimate of drug-likeness (QED) is 0.540. The number of hydroxylamine groups is 2. The highest BCUT2D eigenvalue weighted by atomic mass is 31.2. The van der Waals surface area contributed by atoms with Crippen molar-refractivity contribution >= 4 is 20.8 Å². The minimum Gasteiger partial charge on any atom is -0.381 e. The molecule has 104 valence electrons. The molecule has 18 heavy (non-hydrogen) atoms. The highest BCUT2D eigenvalue weighted by molar-refractivity contribution is 7.62. The number of nitrogens with zero attached hydrogens (tertiary/aromatic N) is 2. The van der Waals surface area contributed by atoms with E-state index in [2.05, 4.69) is 26.8 Å². The highest BCUT2D eigenvalue weighted by Crippen LogP contribution is 2.50. The van der Waals surface area contributed by atoms with E-state index < -0.39 is 7.49 Å². The standard InChI is InChI=1S/C11H24BN2O3P/c1-6-10-8-14(9-11(12)16-10)17-18(7-2,15-5)13(3)4/h10-11H,2,6,8-9,12H2,1,3-5H3. The number of hydrogen-bond acceptors (Lipinski definition) is 5. The highest BCUT2D eigenvalue weighted by Gasteiger charge is 2.30. The second-order valence-corrected chi connectivity index (χ2v) is 7.30. The summed E-state index contributed by atoms with van der Waals surface area (Å²) in [7, 11) is 5.19. The number of morpholine rings is 1. The van der Waals surface area contributed by atoms with Crippen LogP contribution in [0.4, 0.5) is 0 Å². The summed E-state index contributed by atoms with van der Waals surface area (Å²) < 4.78 is 19.3. The Labute approximate surface area is 111 Å². The first-order valence-corrected chi connectivity index (χ1v) is 7.82. The molecule has 0 aromatic heterocycles. The van der Waals surface area contributed by atoms with Crippen LogP contribution in [0.1, 0.15) is 13.3 Å². The van der Waals surface area contributed by atoms with Gasteiger partial charge in [0.1, 0.15) is 7.85 Å². The minimum absolute atomic E-state index is 0.162. The maximum Gasteiger partial charge on any atom is 0.257 e. The Morgan fingerprint density at radius 3 is 2.67 bits per heavy atom. The van der Waals surface area contributed by atoms with E-state index in [1.807, 2.05) is 23.8 Å². The zero-order valence-corrected chi connectivity index (χ0v) is 12.9. The van der Waals surface area contributed by atoms with E-state index in [1.165, 1.54) is 0 Å². The second-order valence-electron chi connectivity index (χ2n) is 4.61. The fourth-order valence-electron chi connectivity index (χ4n) is 1.96. The fraction of sp³-hybridized carbons (Fsp3) is 0.818. The third kappa shape index (κ3) is 3.72. The molecule has 7 heteroatoms. The molecule has 0 saturated carbocycles. The Kier molecular flexibility index (Phi) is 6.15. The van der Waals surface area contributed by atoms with Gasteiger partial charge in [0, 0.05) is 19.7 Å². The average molecular weight is 274 g/mol. The number of rotatable bonds is 5. The molecule has 3 atom stereocenters. The summed E-state index contributed by atoms with van der Waals surface area (Å²) >= 11 is 0. The molecule has 0 amide bonds. The van der Waals surface area contributed by atoms with E-state index in [4.69, 9.17) is 13.9 Å². The van der Waals surface area contributed by atoms with Crippen molar-refractivity contribution in [3.8, 4) is 0 Å². The van der Waals surface area contributed by atoms with Crippen LogP contribution in [-0.2, 0) is 13.9 Å². The van der Waals surface area contributed by atoms with Crippen LogP contribution in [0.25, 0.3) is 0 Å². The van der Waals surface area contributed by atoms with Crippen LogP contribution in [-0.4, -0.2) is 69.4 Å². The SMILES string of the molecule is BC1CN(OP(=C=C)(OC)N(C)C)CC(CC)O1. The van der Waals surface area contributed by atoms with Crippen LogP contribution in [0, 0.1) is 0 Å². The van der Waals surface area contributed by atoms with Gasteiger partial charge in [0.25, 0.3) is 7.49 Å². The van der Waals surface area contributed by atoms with Gasteiger partial charge in [-0.15, -0.1) is 0 Å². The molecule has 5 nitrogen and oxygen atoms in total. The molecule has 1 aliphatic heterocycles. The lowest BCUT2D eigenvalue weighted by molar-refractivity contribution is -0.162. The molecule has 1 aliphatic rings. The summed E-state index contributed by atoms with van der Waals surface area (Å²) in [5.41, 5.74) is 2.92. The summed E-state index contributed by atoms with van der Waals surface area (Å²) in [6.45, 7) is 7.32. The largest absolute Gasteiger partial charge is 0.381 e. The van der Waals surface area contributed by atoms with Gasteiger partial charge in [-0.3, -0.25) is 0 Å². The van der Waals surface area contributed by atoms with Crippen LogP contribution in [0.2, 0.25) is 0 Å². The van der Waals surface area contributed by atoms with Gasteiger partial charge >= 0.3 is 0 Å². The maximum absolute atomic E-state index is 6.04. The first-order valence-electron chi connectivity index (χ1n) is 6.24. The molecule has 1 heterocycles. The first kappa shape index (κ1) is 16.0. The van der Waals surface area contributed by atoms with Crippen LogP contribution < -0.4 is 0 Å². The van der Waals surface area contributed by atoms with Crippen LogP contribution >= 0.6 is 7.49 Å². The van der Waals surface area contributed by atoms with Gasteiger partial charge in [-0.05, 0) is 20.5 Å². The summed E-state index contributed by atoms with van der Waals surface area (Å²) in [6.07, 6.45) is 1.18. The zero-order valence-electron chi connectivity index (χ0n) is 12.0. The molecule has 0 radical (unpaired) electrons. The lowest BCUT2D eigenvalue weighted by atomic mass is 9.98. The van der Waals surface area contributed by atoms with Gasteiger partial charge in [-0.2, -0.15) is 5.06 Å². The number of ether oxygens (including phenoxy) is 1. The van der Waals surface area contributed by atoms with Crippen molar-refractivity contribution in [2.45, 2.75) is 25.5 Å². The third-order valence-corrected chi connectivity index (χ3v) is 5.35.